The number of rotatable bonds is 4. The SMILES string of the molecule is O=[N+]([O-])c1ccc(N2C(CO)CCC2CO)cc1. The molecule has 0 spiro atoms. The number of nitro groups is 1. The lowest BCUT2D eigenvalue weighted by Gasteiger charge is -2.30. The molecule has 0 amide bonds. The lowest BCUT2D eigenvalue weighted by molar-refractivity contribution is -0.384. The third-order valence-corrected chi connectivity index (χ3v) is 3.40. The summed E-state index contributed by atoms with van der Waals surface area (Å²) in [6.07, 6.45) is 1.64. The molecule has 2 unspecified atom stereocenters. The van der Waals surface area contributed by atoms with Gasteiger partial charge in [-0.05, 0) is 25.0 Å². The average molecular weight is 252 g/mol. The van der Waals surface area contributed by atoms with Crippen molar-refractivity contribution in [2.45, 2.75) is 24.9 Å². The van der Waals surface area contributed by atoms with Gasteiger partial charge in [-0.3, -0.25) is 10.1 Å². The summed E-state index contributed by atoms with van der Waals surface area (Å²) in [7, 11) is 0. The number of nitro benzene ring substituents is 1. The van der Waals surface area contributed by atoms with Crippen molar-refractivity contribution in [2.24, 2.45) is 0 Å². The molecular weight excluding hydrogens is 236 g/mol. The number of anilines is 1. The Morgan fingerprint density at radius 3 is 2.06 bits per heavy atom. The highest BCUT2D eigenvalue weighted by molar-refractivity contribution is 5.53. The largest absolute Gasteiger partial charge is 0.394 e. The predicted molar refractivity (Wildman–Crippen MR) is 66.6 cm³/mol. The standard InChI is InChI=1S/C12H16N2O4/c15-7-11-5-6-12(8-16)13(11)9-1-3-10(4-2-9)14(17)18/h1-4,11-12,15-16H,5-8H2. The molecule has 0 bridgehead atoms. The third-order valence-electron chi connectivity index (χ3n) is 3.40. The molecule has 0 saturated carbocycles. The van der Waals surface area contributed by atoms with Gasteiger partial charge in [0.15, 0.2) is 0 Å². The van der Waals surface area contributed by atoms with Gasteiger partial charge in [0.2, 0.25) is 0 Å². The third kappa shape index (κ3) is 2.30. The van der Waals surface area contributed by atoms with Crippen LogP contribution in [0.3, 0.4) is 0 Å². The molecule has 0 radical (unpaired) electrons. The maximum Gasteiger partial charge on any atom is 0.269 e. The molecule has 0 aromatic heterocycles. The molecule has 0 aliphatic carbocycles. The van der Waals surface area contributed by atoms with E-state index in [0.717, 1.165) is 18.5 Å². The first kappa shape index (κ1) is 12.8. The lowest BCUT2D eigenvalue weighted by atomic mass is 10.2. The van der Waals surface area contributed by atoms with Crippen molar-refractivity contribution in [3.8, 4) is 0 Å². The summed E-state index contributed by atoms with van der Waals surface area (Å²) in [5, 5.41) is 29.2. The Hall–Kier alpha value is -1.66. The first-order valence-electron chi connectivity index (χ1n) is 5.92. The second-order valence-electron chi connectivity index (χ2n) is 4.43. The number of aliphatic hydroxyl groups is 2. The fourth-order valence-electron chi connectivity index (χ4n) is 2.49. The van der Waals surface area contributed by atoms with Gasteiger partial charge in [0.05, 0.1) is 30.2 Å². The Balaban J connectivity index is 2.25. The van der Waals surface area contributed by atoms with Crippen molar-refractivity contribution in [3.63, 3.8) is 0 Å². The second-order valence-corrected chi connectivity index (χ2v) is 4.43. The highest BCUT2D eigenvalue weighted by Crippen LogP contribution is 2.31. The van der Waals surface area contributed by atoms with Crippen LogP contribution < -0.4 is 4.90 Å². The van der Waals surface area contributed by atoms with E-state index in [4.69, 9.17) is 0 Å². The minimum Gasteiger partial charge on any atom is -0.394 e. The van der Waals surface area contributed by atoms with E-state index in [-0.39, 0.29) is 31.0 Å². The van der Waals surface area contributed by atoms with Gasteiger partial charge in [-0.25, -0.2) is 0 Å². The summed E-state index contributed by atoms with van der Waals surface area (Å²) in [6, 6.07) is 6.16. The van der Waals surface area contributed by atoms with Crippen molar-refractivity contribution < 1.29 is 15.1 Å². The molecule has 98 valence electrons. The van der Waals surface area contributed by atoms with Crippen molar-refractivity contribution >= 4 is 11.4 Å². The predicted octanol–water partition coefficient (Wildman–Crippen LogP) is 0.917. The molecule has 1 heterocycles. The zero-order chi connectivity index (χ0) is 13.1. The van der Waals surface area contributed by atoms with Gasteiger partial charge in [0, 0.05) is 17.8 Å². The maximum absolute atomic E-state index is 10.6. The van der Waals surface area contributed by atoms with E-state index in [0.29, 0.717) is 0 Å². The topological polar surface area (TPSA) is 86.8 Å². The van der Waals surface area contributed by atoms with E-state index in [2.05, 4.69) is 0 Å². The Bertz CT molecular complexity index is 409. The molecule has 1 aromatic rings. The Labute approximate surface area is 105 Å². The minimum atomic E-state index is -0.444. The van der Waals surface area contributed by atoms with Crippen LogP contribution in [0.15, 0.2) is 24.3 Å². The normalized spacial score (nSPS) is 23.3. The van der Waals surface area contributed by atoms with Crippen LogP contribution in [0.2, 0.25) is 0 Å². The fraction of sp³-hybridized carbons (Fsp3) is 0.500. The summed E-state index contributed by atoms with van der Waals surface area (Å²) in [5.41, 5.74) is 0.843. The van der Waals surface area contributed by atoms with Crippen molar-refractivity contribution in [3.05, 3.63) is 34.4 Å². The molecule has 6 heteroatoms. The number of hydrogen-bond donors (Lipinski definition) is 2. The lowest BCUT2D eigenvalue weighted by Crippen LogP contribution is -2.40. The molecule has 18 heavy (non-hydrogen) atoms. The quantitative estimate of drug-likeness (QED) is 0.614. The number of benzene rings is 1. The molecular formula is C12H16N2O4. The van der Waals surface area contributed by atoms with Crippen LogP contribution in [-0.2, 0) is 0 Å². The molecule has 1 aliphatic heterocycles. The van der Waals surface area contributed by atoms with E-state index < -0.39 is 4.92 Å². The number of hydrogen-bond acceptors (Lipinski definition) is 5. The van der Waals surface area contributed by atoms with Gasteiger partial charge in [0.1, 0.15) is 0 Å². The zero-order valence-corrected chi connectivity index (χ0v) is 9.90. The van der Waals surface area contributed by atoms with Crippen LogP contribution in [-0.4, -0.2) is 40.4 Å². The number of nitrogens with zero attached hydrogens (tertiary/aromatic N) is 2. The van der Waals surface area contributed by atoms with Gasteiger partial charge in [-0.2, -0.15) is 0 Å². The fourth-order valence-corrected chi connectivity index (χ4v) is 2.49. The average Bonchev–Trinajstić information content (AvgIpc) is 2.81. The monoisotopic (exact) mass is 252 g/mol. The molecule has 1 fully saturated rings. The molecule has 6 nitrogen and oxygen atoms in total. The smallest absolute Gasteiger partial charge is 0.269 e. The van der Waals surface area contributed by atoms with E-state index >= 15 is 0 Å². The maximum atomic E-state index is 10.6. The Morgan fingerprint density at radius 2 is 1.67 bits per heavy atom. The zero-order valence-electron chi connectivity index (χ0n) is 9.90. The van der Waals surface area contributed by atoms with Crippen molar-refractivity contribution in [2.75, 3.05) is 18.1 Å². The van der Waals surface area contributed by atoms with Crippen molar-refractivity contribution in [1.29, 1.82) is 0 Å². The molecule has 1 saturated heterocycles. The molecule has 2 rings (SSSR count). The second kappa shape index (κ2) is 5.32. The van der Waals surface area contributed by atoms with E-state index in [9.17, 15) is 20.3 Å². The summed E-state index contributed by atoms with van der Waals surface area (Å²) in [6.45, 7) is 0.0426. The van der Waals surface area contributed by atoms with Crippen LogP contribution in [0.25, 0.3) is 0 Å². The van der Waals surface area contributed by atoms with Gasteiger partial charge in [-0.1, -0.05) is 0 Å². The van der Waals surface area contributed by atoms with E-state index in [1.165, 1.54) is 12.1 Å². The first-order chi connectivity index (χ1) is 8.67. The van der Waals surface area contributed by atoms with Gasteiger partial charge in [0.25, 0.3) is 5.69 Å². The summed E-state index contributed by atoms with van der Waals surface area (Å²) >= 11 is 0. The van der Waals surface area contributed by atoms with E-state index in [1.54, 1.807) is 12.1 Å². The number of aliphatic hydroxyl groups excluding tert-OH is 2. The van der Waals surface area contributed by atoms with Crippen LogP contribution in [0.5, 0.6) is 0 Å². The summed E-state index contributed by atoms with van der Waals surface area (Å²) in [4.78, 5) is 12.1. The summed E-state index contributed by atoms with van der Waals surface area (Å²) in [5.74, 6) is 0. The highest BCUT2D eigenvalue weighted by atomic mass is 16.6. The van der Waals surface area contributed by atoms with Crippen molar-refractivity contribution in [1.82, 2.24) is 0 Å². The van der Waals surface area contributed by atoms with Gasteiger partial charge in [-0.15, -0.1) is 0 Å². The minimum absolute atomic E-state index is 0.0213. The molecule has 2 N–H and O–H groups in total. The molecule has 2 atom stereocenters. The van der Waals surface area contributed by atoms with Crippen LogP contribution in [0, 0.1) is 10.1 Å². The highest BCUT2D eigenvalue weighted by Gasteiger charge is 2.32. The van der Waals surface area contributed by atoms with Crippen LogP contribution >= 0.6 is 0 Å². The van der Waals surface area contributed by atoms with Crippen LogP contribution in [0.1, 0.15) is 12.8 Å². The van der Waals surface area contributed by atoms with E-state index in [1.807, 2.05) is 4.90 Å². The van der Waals surface area contributed by atoms with Crippen LogP contribution in [0.4, 0.5) is 11.4 Å². The Kier molecular flexibility index (Phi) is 3.78. The first-order valence-corrected chi connectivity index (χ1v) is 5.92. The Morgan fingerprint density at radius 1 is 1.17 bits per heavy atom. The van der Waals surface area contributed by atoms with Gasteiger partial charge >= 0.3 is 0 Å². The van der Waals surface area contributed by atoms with Gasteiger partial charge < -0.3 is 15.1 Å². The molecule has 1 aromatic carbocycles. The molecule has 1 aliphatic rings. The summed E-state index contributed by atoms with van der Waals surface area (Å²) < 4.78 is 0. The number of non-ortho nitro benzene ring substituents is 1.